The van der Waals surface area contributed by atoms with Crippen LogP contribution in [0.5, 0.6) is 0 Å². The summed E-state index contributed by atoms with van der Waals surface area (Å²) in [4.78, 5) is 19.6. The number of likely N-dealkylation sites (tertiary alicyclic amines) is 1. The average Bonchev–Trinajstić information content (AvgIpc) is 3.16. The van der Waals surface area contributed by atoms with Crippen LogP contribution in [-0.2, 0) is 11.8 Å². The molecule has 0 unspecified atom stereocenters. The van der Waals surface area contributed by atoms with Gasteiger partial charge in [-0.15, -0.1) is 16.4 Å². The third kappa shape index (κ3) is 2.89. The SMILES string of the molecule is CCc1nnsc1C(=O)N1CCC(C)(c2ncc(Cl)s2)CC1. The van der Waals surface area contributed by atoms with Crippen molar-refractivity contribution in [1.82, 2.24) is 19.5 Å². The number of hydrogen-bond acceptors (Lipinski definition) is 6. The fourth-order valence-electron chi connectivity index (χ4n) is 2.70. The largest absolute Gasteiger partial charge is 0.338 e. The van der Waals surface area contributed by atoms with Crippen molar-refractivity contribution >= 4 is 40.4 Å². The number of rotatable bonds is 3. The third-order valence-corrected chi connectivity index (χ3v) is 6.41. The highest BCUT2D eigenvalue weighted by Crippen LogP contribution is 2.38. The summed E-state index contributed by atoms with van der Waals surface area (Å²) in [5.41, 5.74) is 0.809. The number of carbonyl (C=O) groups is 1. The molecule has 0 atom stereocenters. The summed E-state index contributed by atoms with van der Waals surface area (Å²) < 4.78 is 4.63. The van der Waals surface area contributed by atoms with Crippen LogP contribution in [0.4, 0.5) is 0 Å². The number of halogens is 1. The van der Waals surface area contributed by atoms with Gasteiger partial charge < -0.3 is 4.90 Å². The van der Waals surface area contributed by atoms with Crippen LogP contribution in [-0.4, -0.2) is 38.5 Å². The van der Waals surface area contributed by atoms with E-state index in [2.05, 4.69) is 21.5 Å². The first kappa shape index (κ1) is 15.8. The summed E-state index contributed by atoms with van der Waals surface area (Å²) in [7, 11) is 0. The van der Waals surface area contributed by atoms with Gasteiger partial charge in [-0.2, -0.15) is 0 Å². The van der Waals surface area contributed by atoms with Crippen LogP contribution in [0.15, 0.2) is 6.20 Å². The molecule has 22 heavy (non-hydrogen) atoms. The van der Waals surface area contributed by atoms with E-state index in [0.29, 0.717) is 4.88 Å². The van der Waals surface area contributed by atoms with Gasteiger partial charge in [-0.3, -0.25) is 4.79 Å². The predicted octanol–water partition coefficient (Wildman–Crippen LogP) is 3.40. The van der Waals surface area contributed by atoms with E-state index in [0.717, 1.165) is 47.4 Å². The standard InChI is InChI=1S/C14H17ClN4OS2/c1-3-9-11(22-18-17-9)12(20)19-6-4-14(2,5-7-19)13-16-8-10(15)21-13/h8H,3-7H2,1-2H3. The predicted molar refractivity (Wildman–Crippen MR) is 88.9 cm³/mol. The smallest absolute Gasteiger partial charge is 0.267 e. The van der Waals surface area contributed by atoms with Gasteiger partial charge >= 0.3 is 0 Å². The number of hydrogen-bond donors (Lipinski definition) is 0. The van der Waals surface area contributed by atoms with E-state index in [-0.39, 0.29) is 11.3 Å². The quantitative estimate of drug-likeness (QED) is 0.845. The molecule has 1 fully saturated rings. The minimum atomic E-state index is 0.00806. The summed E-state index contributed by atoms with van der Waals surface area (Å²) in [5.74, 6) is 0.0612. The highest BCUT2D eigenvalue weighted by Gasteiger charge is 2.36. The zero-order chi connectivity index (χ0) is 15.7. The van der Waals surface area contributed by atoms with Crippen LogP contribution in [0.1, 0.15) is 47.1 Å². The van der Waals surface area contributed by atoms with Crippen LogP contribution in [0.2, 0.25) is 4.34 Å². The average molecular weight is 357 g/mol. The Morgan fingerprint density at radius 1 is 1.45 bits per heavy atom. The van der Waals surface area contributed by atoms with Gasteiger partial charge in [0.1, 0.15) is 14.2 Å². The lowest BCUT2D eigenvalue weighted by molar-refractivity contribution is 0.0679. The number of nitrogens with zero attached hydrogens (tertiary/aromatic N) is 4. The summed E-state index contributed by atoms with van der Waals surface area (Å²) in [6, 6.07) is 0. The first-order valence-corrected chi connectivity index (χ1v) is 9.22. The second-order valence-corrected chi connectivity index (χ2v) is 8.14. The molecule has 0 radical (unpaired) electrons. The fraction of sp³-hybridized carbons (Fsp3) is 0.571. The van der Waals surface area contributed by atoms with E-state index in [1.165, 1.54) is 22.9 Å². The Labute approximate surface area is 142 Å². The minimum Gasteiger partial charge on any atom is -0.338 e. The number of carbonyl (C=O) groups excluding carboxylic acids is 1. The number of amides is 1. The molecule has 0 bridgehead atoms. The van der Waals surface area contributed by atoms with E-state index in [1.54, 1.807) is 6.20 Å². The second-order valence-electron chi connectivity index (χ2n) is 5.72. The zero-order valence-electron chi connectivity index (χ0n) is 12.5. The lowest BCUT2D eigenvalue weighted by Crippen LogP contribution is -2.43. The molecule has 5 nitrogen and oxygen atoms in total. The van der Waals surface area contributed by atoms with Crippen molar-refractivity contribution < 1.29 is 4.79 Å². The Morgan fingerprint density at radius 3 is 2.77 bits per heavy atom. The normalized spacial score (nSPS) is 17.7. The molecule has 2 aromatic heterocycles. The first-order valence-electron chi connectivity index (χ1n) is 7.26. The topological polar surface area (TPSA) is 59.0 Å². The lowest BCUT2D eigenvalue weighted by Gasteiger charge is -2.38. The molecule has 0 N–H and O–H groups in total. The van der Waals surface area contributed by atoms with Gasteiger partial charge in [-0.25, -0.2) is 4.98 Å². The van der Waals surface area contributed by atoms with Gasteiger partial charge in [0.25, 0.3) is 5.91 Å². The van der Waals surface area contributed by atoms with Gasteiger partial charge in [0.05, 0.1) is 11.9 Å². The van der Waals surface area contributed by atoms with Crippen LogP contribution in [0, 0.1) is 0 Å². The number of aromatic nitrogens is 3. The fourth-order valence-corrected chi connectivity index (χ4v) is 4.53. The van der Waals surface area contributed by atoms with E-state index in [1.807, 2.05) is 11.8 Å². The Kier molecular flexibility index (Phi) is 4.47. The Morgan fingerprint density at radius 2 is 2.18 bits per heavy atom. The Bertz CT molecular complexity index is 676. The molecule has 3 heterocycles. The van der Waals surface area contributed by atoms with Crippen molar-refractivity contribution in [1.29, 1.82) is 0 Å². The van der Waals surface area contributed by atoms with Gasteiger partial charge in [-0.05, 0) is 30.8 Å². The van der Waals surface area contributed by atoms with E-state index >= 15 is 0 Å². The van der Waals surface area contributed by atoms with Gasteiger partial charge in [0.15, 0.2) is 0 Å². The minimum absolute atomic E-state index is 0.00806. The Hall–Kier alpha value is -1.05. The number of thiazole rings is 1. The van der Waals surface area contributed by atoms with Crippen molar-refractivity contribution in [2.24, 2.45) is 0 Å². The summed E-state index contributed by atoms with van der Waals surface area (Å²) in [5, 5.41) is 5.10. The molecule has 3 rings (SSSR count). The lowest BCUT2D eigenvalue weighted by atomic mass is 9.81. The Balaban J connectivity index is 1.70. The van der Waals surface area contributed by atoms with Crippen LogP contribution in [0.3, 0.4) is 0 Å². The molecule has 0 aliphatic carbocycles. The van der Waals surface area contributed by atoms with E-state index in [4.69, 9.17) is 11.6 Å². The van der Waals surface area contributed by atoms with Gasteiger partial charge in [0, 0.05) is 18.5 Å². The first-order chi connectivity index (χ1) is 10.5. The van der Waals surface area contributed by atoms with E-state index in [9.17, 15) is 4.79 Å². The number of piperidine rings is 1. The molecule has 1 amide bonds. The zero-order valence-corrected chi connectivity index (χ0v) is 14.9. The van der Waals surface area contributed by atoms with Crippen molar-refractivity contribution in [3.63, 3.8) is 0 Å². The van der Waals surface area contributed by atoms with Gasteiger partial charge in [0.2, 0.25) is 0 Å². The third-order valence-electron chi connectivity index (χ3n) is 4.23. The maximum absolute atomic E-state index is 12.6. The van der Waals surface area contributed by atoms with Crippen LogP contribution in [0.25, 0.3) is 0 Å². The molecule has 0 aromatic carbocycles. The van der Waals surface area contributed by atoms with Crippen molar-refractivity contribution in [2.45, 2.75) is 38.5 Å². The summed E-state index contributed by atoms with van der Waals surface area (Å²) >= 11 is 8.74. The summed E-state index contributed by atoms with van der Waals surface area (Å²) in [6.07, 6.45) is 4.24. The van der Waals surface area contributed by atoms with Crippen molar-refractivity contribution in [2.75, 3.05) is 13.1 Å². The molecule has 1 aliphatic rings. The molecule has 1 saturated heterocycles. The molecule has 2 aromatic rings. The monoisotopic (exact) mass is 356 g/mol. The molecular weight excluding hydrogens is 340 g/mol. The highest BCUT2D eigenvalue weighted by atomic mass is 35.5. The number of aryl methyl sites for hydroxylation is 1. The molecule has 8 heteroatoms. The maximum Gasteiger partial charge on any atom is 0.267 e. The van der Waals surface area contributed by atoms with Crippen molar-refractivity contribution in [3.05, 3.63) is 26.1 Å². The van der Waals surface area contributed by atoms with Crippen molar-refractivity contribution in [3.8, 4) is 0 Å². The molecular formula is C14H17ClN4OS2. The molecule has 0 saturated carbocycles. The maximum atomic E-state index is 12.6. The highest BCUT2D eigenvalue weighted by molar-refractivity contribution is 7.15. The van der Waals surface area contributed by atoms with Gasteiger partial charge in [-0.1, -0.05) is 29.9 Å². The molecule has 118 valence electrons. The van der Waals surface area contributed by atoms with Crippen LogP contribution < -0.4 is 0 Å². The van der Waals surface area contributed by atoms with Crippen LogP contribution >= 0.6 is 34.5 Å². The second kappa shape index (κ2) is 6.22. The molecule has 0 spiro atoms. The van der Waals surface area contributed by atoms with E-state index < -0.39 is 0 Å². The molecule has 1 aliphatic heterocycles. The summed E-state index contributed by atoms with van der Waals surface area (Å²) in [6.45, 7) is 5.66.